The van der Waals surface area contributed by atoms with Crippen molar-refractivity contribution in [1.82, 2.24) is 0 Å². The van der Waals surface area contributed by atoms with Gasteiger partial charge in [-0.15, -0.1) is 0 Å². The molecule has 6 atom stereocenters. The lowest BCUT2D eigenvalue weighted by Gasteiger charge is -2.40. The molecule has 0 aromatic heterocycles. The average Bonchev–Trinajstić information content (AvgIpc) is 2.84. The quantitative estimate of drug-likeness (QED) is 0.443. The Labute approximate surface area is 197 Å². The van der Waals surface area contributed by atoms with Gasteiger partial charge in [-0.1, -0.05) is 18.2 Å². The van der Waals surface area contributed by atoms with Gasteiger partial charge in [0.05, 0.1) is 12.7 Å². The highest BCUT2D eigenvalue weighted by atomic mass is 16.7. The highest BCUT2D eigenvalue weighted by molar-refractivity contribution is 5.79. The van der Waals surface area contributed by atoms with Gasteiger partial charge in [0, 0.05) is 12.8 Å². The molecule has 0 spiro atoms. The molecule has 0 amide bonds. The third-order valence-corrected chi connectivity index (χ3v) is 6.25. The molecule has 184 valence electrons. The molecule has 0 aliphatic carbocycles. The number of aliphatic hydroxyl groups is 4. The first kappa shape index (κ1) is 24.6. The number of carbonyl (C=O) groups excluding carboxylic acids is 1. The van der Waals surface area contributed by atoms with E-state index in [1.165, 1.54) is 6.07 Å². The van der Waals surface area contributed by atoms with Crippen molar-refractivity contribution in [2.75, 3.05) is 6.61 Å². The van der Waals surface area contributed by atoms with Crippen molar-refractivity contribution in [3.63, 3.8) is 0 Å². The number of benzene rings is 2. The van der Waals surface area contributed by atoms with Gasteiger partial charge in [-0.3, -0.25) is 4.79 Å². The molecule has 9 heteroatoms. The van der Waals surface area contributed by atoms with E-state index in [9.17, 15) is 30.3 Å². The normalized spacial score (nSPS) is 30.3. The molecule has 9 nitrogen and oxygen atoms in total. The first-order valence-electron chi connectivity index (χ1n) is 11.4. The number of Topliss-reactive ketones (excluding diaryl/α,β-unsaturated/α-hetero) is 1. The van der Waals surface area contributed by atoms with Crippen molar-refractivity contribution >= 4 is 5.78 Å². The van der Waals surface area contributed by atoms with E-state index >= 15 is 0 Å². The standard InChI is InChI=1S/C25H30O9/c26-13-21-22(29)23(30)24(31)25(34-21)33-18-9-4-15-5-10-19(28)20(11-15)32-17-7-2-14(3-8-17)1-6-16(27)12-18/h2-3,5,7-8,10-11,18,21-26,28-31H,1,4,6,9,12-13H2/t18-,21-,22-,23+,24-,25-/m1/s1. The van der Waals surface area contributed by atoms with E-state index < -0.39 is 43.4 Å². The summed E-state index contributed by atoms with van der Waals surface area (Å²) < 4.78 is 17.2. The number of fused-ring (bicyclic) bond motifs is 8. The average molecular weight is 475 g/mol. The van der Waals surface area contributed by atoms with Gasteiger partial charge in [0.15, 0.2) is 17.8 Å². The molecular formula is C25H30O9. The van der Waals surface area contributed by atoms with Crippen LogP contribution >= 0.6 is 0 Å². The highest BCUT2D eigenvalue weighted by Gasteiger charge is 2.44. The Morgan fingerprint density at radius 3 is 2.38 bits per heavy atom. The van der Waals surface area contributed by atoms with Crippen LogP contribution in [0.4, 0.5) is 0 Å². The smallest absolute Gasteiger partial charge is 0.186 e. The summed E-state index contributed by atoms with van der Waals surface area (Å²) in [5.74, 6) is 0.849. The van der Waals surface area contributed by atoms with E-state index in [0.717, 1.165) is 11.1 Å². The van der Waals surface area contributed by atoms with Crippen LogP contribution in [-0.4, -0.2) is 74.7 Å². The van der Waals surface area contributed by atoms with E-state index in [1.807, 2.05) is 12.1 Å². The number of aliphatic hydroxyl groups excluding tert-OH is 4. The number of rotatable bonds is 3. The predicted octanol–water partition coefficient (Wildman–Crippen LogP) is 1.21. The van der Waals surface area contributed by atoms with E-state index in [0.29, 0.717) is 37.2 Å². The summed E-state index contributed by atoms with van der Waals surface area (Å²) in [4.78, 5) is 12.7. The fourth-order valence-electron chi connectivity index (χ4n) is 4.20. The Morgan fingerprint density at radius 2 is 1.65 bits per heavy atom. The minimum atomic E-state index is -1.56. The van der Waals surface area contributed by atoms with Gasteiger partial charge in [-0.25, -0.2) is 0 Å². The fraction of sp³-hybridized carbons (Fsp3) is 0.480. The van der Waals surface area contributed by atoms with E-state index in [2.05, 4.69) is 0 Å². The van der Waals surface area contributed by atoms with Crippen LogP contribution < -0.4 is 4.74 Å². The molecule has 0 radical (unpaired) electrons. The number of carbonyl (C=O) groups is 1. The summed E-state index contributed by atoms with van der Waals surface area (Å²) in [5, 5.41) is 50.1. The van der Waals surface area contributed by atoms with Crippen LogP contribution in [0.2, 0.25) is 0 Å². The Kier molecular flexibility index (Phi) is 7.82. The Balaban J connectivity index is 1.55. The molecule has 1 saturated heterocycles. The second-order valence-electron chi connectivity index (χ2n) is 8.78. The monoisotopic (exact) mass is 474 g/mol. The van der Waals surface area contributed by atoms with Gasteiger partial charge in [0.25, 0.3) is 0 Å². The van der Waals surface area contributed by atoms with Gasteiger partial charge < -0.3 is 39.7 Å². The van der Waals surface area contributed by atoms with Crippen molar-refractivity contribution in [1.29, 1.82) is 0 Å². The molecule has 0 unspecified atom stereocenters. The van der Waals surface area contributed by atoms with Gasteiger partial charge >= 0.3 is 0 Å². The van der Waals surface area contributed by atoms with Crippen LogP contribution in [0.25, 0.3) is 0 Å². The lowest BCUT2D eigenvalue weighted by atomic mass is 9.98. The van der Waals surface area contributed by atoms with Crippen molar-refractivity contribution < 1.29 is 44.5 Å². The van der Waals surface area contributed by atoms with Gasteiger partial charge in [0.1, 0.15) is 35.9 Å². The predicted molar refractivity (Wildman–Crippen MR) is 120 cm³/mol. The Hall–Kier alpha value is -2.53. The molecule has 0 saturated carbocycles. The van der Waals surface area contributed by atoms with Crippen LogP contribution in [0.15, 0.2) is 42.5 Å². The minimum Gasteiger partial charge on any atom is -0.504 e. The number of ketones is 1. The van der Waals surface area contributed by atoms with Crippen molar-refractivity contribution in [2.24, 2.45) is 0 Å². The summed E-state index contributed by atoms with van der Waals surface area (Å²) in [6.45, 7) is -0.566. The SMILES string of the molecule is O=C1CCc2ccc(cc2)Oc2cc(ccc2O)CC[C@@H](O[C@@H]2O[C@H](CO)[C@@H](O)[C@H](O)[C@H]2O)C1. The third-order valence-electron chi connectivity index (χ3n) is 6.25. The third kappa shape index (κ3) is 5.75. The van der Waals surface area contributed by atoms with Crippen molar-refractivity contribution in [2.45, 2.75) is 68.9 Å². The molecule has 2 aromatic rings. The van der Waals surface area contributed by atoms with E-state index in [-0.39, 0.29) is 18.0 Å². The molecule has 5 N–H and O–H groups in total. The molecule has 34 heavy (non-hydrogen) atoms. The van der Waals surface area contributed by atoms with Crippen molar-refractivity contribution in [3.8, 4) is 17.2 Å². The van der Waals surface area contributed by atoms with Gasteiger partial charge in [-0.2, -0.15) is 0 Å². The molecule has 3 aliphatic heterocycles. The number of aromatic hydroxyl groups is 1. The van der Waals surface area contributed by atoms with Crippen LogP contribution in [0, 0.1) is 0 Å². The molecular weight excluding hydrogens is 444 g/mol. The second kappa shape index (κ2) is 10.8. The summed E-state index contributed by atoms with van der Waals surface area (Å²) in [5.41, 5.74) is 1.80. The molecule has 4 bridgehead atoms. The fourth-order valence-corrected chi connectivity index (χ4v) is 4.20. The lowest BCUT2D eigenvalue weighted by Crippen LogP contribution is -2.59. The molecule has 2 aromatic carbocycles. The molecule has 5 rings (SSSR count). The largest absolute Gasteiger partial charge is 0.504 e. The number of phenols is 1. The highest BCUT2D eigenvalue weighted by Crippen LogP contribution is 2.33. The Bertz CT molecular complexity index is 975. The summed E-state index contributed by atoms with van der Waals surface area (Å²) in [7, 11) is 0. The topological polar surface area (TPSA) is 146 Å². The maximum atomic E-state index is 12.7. The minimum absolute atomic E-state index is 0.00133. The summed E-state index contributed by atoms with van der Waals surface area (Å²) >= 11 is 0. The zero-order chi connectivity index (χ0) is 24.2. The first-order chi connectivity index (χ1) is 16.3. The number of aryl methyl sites for hydroxylation is 2. The van der Waals surface area contributed by atoms with Crippen LogP contribution in [0.5, 0.6) is 17.2 Å². The lowest BCUT2D eigenvalue weighted by molar-refractivity contribution is -0.311. The van der Waals surface area contributed by atoms with E-state index in [4.69, 9.17) is 14.2 Å². The van der Waals surface area contributed by atoms with Crippen LogP contribution in [0.3, 0.4) is 0 Å². The molecule has 1 fully saturated rings. The first-order valence-corrected chi connectivity index (χ1v) is 11.4. The molecule has 3 heterocycles. The zero-order valence-electron chi connectivity index (χ0n) is 18.6. The number of hydrogen-bond donors (Lipinski definition) is 5. The maximum Gasteiger partial charge on any atom is 0.186 e. The van der Waals surface area contributed by atoms with Gasteiger partial charge in [-0.05, 0) is 54.7 Å². The van der Waals surface area contributed by atoms with E-state index in [1.54, 1.807) is 24.3 Å². The van der Waals surface area contributed by atoms with Crippen LogP contribution in [-0.2, 0) is 27.1 Å². The number of hydrogen-bond acceptors (Lipinski definition) is 9. The number of phenolic OH excluding ortho intramolecular Hbond substituents is 1. The molecule has 3 aliphatic rings. The number of ether oxygens (including phenoxy) is 3. The van der Waals surface area contributed by atoms with Gasteiger partial charge in [0.2, 0.25) is 0 Å². The Morgan fingerprint density at radius 1 is 0.912 bits per heavy atom. The maximum absolute atomic E-state index is 12.7. The summed E-state index contributed by atoms with van der Waals surface area (Å²) in [6.07, 6.45) is -5.91. The second-order valence-corrected chi connectivity index (χ2v) is 8.78. The van der Waals surface area contributed by atoms with Crippen molar-refractivity contribution in [3.05, 3.63) is 53.6 Å². The van der Waals surface area contributed by atoms with Crippen LogP contribution in [0.1, 0.15) is 30.4 Å². The zero-order valence-corrected chi connectivity index (χ0v) is 18.6. The summed E-state index contributed by atoms with van der Waals surface area (Å²) in [6, 6.07) is 12.3.